The summed E-state index contributed by atoms with van der Waals surface area (Å²) >= 11 is 3.39. The van der Waals surface area contributed by atoms with Crippen LogP contribution < -0.4 is 14.4 Å². The van der Waals surface area contributed by atoms with E-state index in [0.29, 0.717) is 17.9 Å². The van der Waals surface area contributed by atoms with Crippen molar-refractivity contribution in [2.45, 2.75) is 62.6 Å². The Morgan fingerprint density at radius 2 is 1.61 bits per heavy atom. The molecule has 3 aromatic carbocycles. The third-order valence-corrected chi connectivity index (χ3v) is 9.64. The number of sulfonamides is 1. The van der Waals surface area contributed by atoms with Gasteiger partial charge in [0.2, 0.25) is 11.8 Å². The van der Waals surface area contributed by atoms with E-state index >= 15 is 0 Å². The van der Waals surface area contributed by atoms with Crippen LogP contribution in [-0.4, -0.2) is 50.9 Å². The van der Waals surface area contributed by atoms with Crippen LogP contribution in [0.15, 0.2) is 88.2 Å². The van der Waals surface area contributed by atoms with Gasteiger partial charge in [0.05, 0.1) is 17.7 Å². The van der Waals surface area contributed by atoms with Crippen molar-refractivity contribution in [3.05, 3.63) is 88.9 Å². The van der Waals surface area contributed by atoms with Crippen molar-refractivity contribution in [2.24, 2.45) is 0 Å². The lowest BCUT2D eigenvalue weighted by Gasteiger charge is -2.33. The van der Waals surface area contributed by atoms with E-state index in [-0.39, 0.29) is 23.4 Å². The van der Waals surface area contributed by atoms with E-state index in [1.807, 2.05) is 19.1 Å². The first kappa shape index (κ1) is 30.6. The second-order valence-electron chi connectivity index (χ2n) is 10.1. The average molecular weight is 643 g/mol. The van der Waals surface area contributed by atoms with Crippen molar-refractivity contribution in [1.29, 1.82) is 0 Å². The number of nitrogens with zero attached hydrogens (tertiary/aromatic N) is 2. The van der Waals surface area contributed by atoms with Crippen LogP contribution in [0.2, 0.25) is 0 Å². The van der Waals surface area contributed by atoms with Crippen molar-refractivity contribution < 1.29 is 22.7 Å². The second-order valence-corrected chi connectivity index (χ2v) is 12.9. The Morgan fingerprint density at radius 1 is 0.976 bits per heavy atom. The molecule has 10 heteroatoms. The first-order valence-electron chi connectivity index (χ1n) is 13.8. The topological polar surface area (TPSA) is 96.0 Å². The monoisotopic (exact) mass is 641 g/mol. The van der Waals surface area contributed by atoms with Gasteiger partial charge in [-0.05, 0) is 73.4 Å². The van der Waals surface area contributed by atoms with Crippen LogP contribution in [0.4, 0.5) is 5.69 Å². The van der Waals surface area contributed by atoms with Crippen LogP contribution >= 0.6 is 15.9 Å². The quantitative estimate of drug-likeness (QED) is 0.281. The minimum atomic E-state index is -4.10. The first-order valence-corrected chi connectivity index (χ1v) is 16.0. The molecule has 0 radical (unpaired) electrons. The molecule has 0 aromatic heterocycles. The lowest BCUT2D eigenvalue weighted by Crippen LogP contribution is -2.53. The van der Waals surface area contributed by atoms with Crippen LogP contribution in [0.25, 0.3) is 0 Å². The molecule has 218 valence electrons. The van der Waals surface area contributed by atoms with Crippen molar-refractivity contribution in [3.63, 3.8) is 0 Å². The minimum absolute atomic E-state index is 0.0726. The summed E-state index contributed by atoms with van der Waals surface area (Å²) < 4.78 is 34.9. The van der Waals surface area contributed by atoms with Crippen molar-refractivity contribution in [1.82, 2.24) is 10.2 Å². The Hall–Kier alpha value is -3.37. The van der Waals surface area contributed by atoms with Gasteiger partial charge in [-0.3, -0.25) is 13.9 Å². The molecule has 0 bridgehead atoms. The number of rotatable bonds is 12. The number of benzene rings is 3. The zero-order chi connectivity index (χ0) is 29.4. The Kier molecular flexibility index (Phi) is 10.4. The molecule has 1 N–H and O–H groups in total. The molecule has 8 nitrogen and oxygen atoms in total. The van der Waals surface area contributed by atoms with Gasteiger partial charge in [0, 0.05) is 17.1 Å². The molecule has 1 aliphatic carbocycles. The first-order chi connectivity index (χ1) is 19.7. The van der Waals surface area contributed by atoms with E-state index in [9.17, 15) is 18.0 Å². The highest BCUT2D eigenvalue weighted by molar-refractivity contribution is 9.10. The Labute approximate surface area is 250 Å². The number of amides is 2. The van der Waals surface area contributed by atoms with Crippen molar-refractivity contribution in [2.75, 3.05) is 18.0 Å². The molecule has 0 heterocycles. The van der Waals surface area contributed by atoms with E-state index in [1.165, 1.54) is 17.0 Å². The van der Waals surface area contributed by atoms with Gasteiger partial charge < -0.3 is 15.0 Å². The molecule has 0 spiro atoms. The molecule has 0 unspecified atom stereocenters. The largest absolute Gasteiger partial charge is 0.497 e. The fourth-order valence-corrected chi connectivity index (χ4v) is 6.77. The van der Waals surface area contributed by atoms with Crippen LogP contribution in [0, 0.1) is 0 Å². The minimum Gasteiger partial charge on any atom is -0.497 e. The van der Waals surface area contributed by atoms with E-state index in [1.54, 1.807) is 61.7 Å². The zero-order valence-corrected chi connectivity index (χ0v) is 25.7. The van der Waals surface area contributed by atoms with E-state index < -0.39 is 28.5 Å². The van der Waals surface area contributed by atoms with Crippen LogP contribution in [0.3, 0.4) is 0 Å². The smallest absolute Gasteiger partial charge is 0.264 e. The van der Waals surface area contributed by atoms with Gasteiger partial charge in [0.1, 0.15) is 18.3 Å². The van der Waals surface area contributed by atoms with Gasteiger partial charge >= 0.3 is 0 Å². The summed E-state index contributed by atoms with van der Waals surface area (Å²) in [6.07, 6.45) is 4.35. The van der Waals surface area contributed by atoms with Crippen molar-refractivity contribution >= 4 is 43.5 Å². The summed E-state index contributed by atoms with van der Waals surface area (Å²) in [7, 11) is -2.52. The second kappa shape index (κ2) is 14.0. The van der Waals surface area contributed by atoms with Gasteiger partial charge in [-0.25, -0.2) is 8.42 Å². The molecule has 4 rings (SSSR count). The van der Waals surface area contributed by atoms with Crippen LogP contribution in [0.1, 0.15) is 44.6 Å². The maximum atomic E-state index is 14.1. The molecule has 1 aliphatic rings. The van der Waals surface area contributed by atoms with Gasteiger partial charge in [0.15, 0.2) is 0 Å². The van der Waals surface area contributed by atoms with Gasteiger partial charge in [-0.1, -0.05) is 66.0 Å². The summed E-state index contributed by atoms with van der Waals surface area (Å²) in [5.41, 5.74) is 1.14. The van der Waals surface area contributed by atoms with Gasteiger partial charge in [-0.15, -0.1) is 0 Å². The SMILES string of the molecule is CC[C@H](C(=O)NC1CCCC1)N(Cc1ccc(OC)cc1)C(=O)CN(c1ccc(Br)cc1)S(=O)(=O)c1ccccc1. The Balaban J connectivity index is 1.69. The molecule has 0 saturated heterocycles. The standard InChI is InChI=1S/C31H36BrN3O5S/c1-3-29(31(37)33-25-9-7-8-10-25)34(21-23-13-19-27(40-2)20-14-23)30(36)22-35(26-17-15-24(32)16-18-26)41(38,39)28-11-5-4-6-12-28/h4-6,11-20,25,29H,3,7-10,21-22H2,1-2H3,(H,33,37)/t29-/m1/s1. The molecule has 1 atom stereocenters. The third kappa shape index (κ3) is 7.68. The molecule has 2 amide bonds. The number of methoxy groups -OCH3 is 1. The van der Waals surface area contributed by atoms with Crippen LogP contribution in [-0.2, 0) is 26.2 Å². The highest BCUT2D eigenvalue weighted by Crippen LogP contribution is 2.27. The lowest BCUT2D eigenvalue weighted by atomic mass is 10.1. The number of hydrogen-bond donors (Lipinski definition) is 1. The number of carbonyl (C=O) groups is 2. The summed E-state index contributed by atoms with van der Waals surface area (Å²) in [5, 5.41) is 3.13. The summed E-state index contributed by atoms with van der Waals surface area (Å²) in [6.45, 7) is 1.53. The fourth-order valence-electron chi connectivity index (χ4n) is 5.07. The molecule has 1 saturated carbocycles. The molecule has 3 aromatic rings. The fraction of sp³-hybridized carbons (Fsp3) is 0.355. The van der Waals surface area contributed by atoms with E-state index in [4.69, 9.17) is 4.74 Å². The molecular weight excluding hydrogens is 606 g/mol. The predicted octanol–water partition coefficient (Wildman–Crippen LogP) is 5.52. The Bertz CT molecular complexity index is 1410. The van der Waals surface area contributed by atoms with Crippen molar-refractivity contribution in [3.8, 4) is 5.75 Å². The number of hydrogen-bond acceptors (Lipinski definition) is 5. The highest BCUT2D eigenvalue weighted by atomic mass is 79.9. The predicted molar refractivity (Wildman–Crippen MR) is 163 cm³/mol. The van der Waals surface area contributed by atoms with Crippen LogP contribution in [0.5, 0.6) is 5.75 Å². The number of ether oxygens (including phenoxy) is 1. The maximum absolute atomic E-state index is 14.1. The van der Waals surface area contributed by atoms with E-state index in [0.717, 1.165) is 40.0 Å². The molecular formula is C31H36BrN3O5S. The Morgan fingerprint density at radius 3 is 2.20 bits per heavy atom. The normalized spacial score (nSPS) is 14.3. The molecule has 0 aliphatic heterocycles. The maximum Gasteiger partial charge on any atom is 0.264 e. The highest BCUT2D eigenvalue weighted by Gasteiger charge is 2.34. The van der Waals surface area contributed by atoms with Gasteiger partial charge in [-0.2, -0.15) is 0 Å². The zero-order valence-electron chi connectivity index (χ0n) is 23.3. The number of carbonyl (C=O) groups excluding carboxylic acids is 2. The number of halogens is 1. The van der Waals surface area contributed by atoms with E-state index in [2.05, 4.69) is 21.2 Å². The summed E-state index contributed by atoms with van der Waals surface area (Å²) in [5.74, 6) is -0.0213. The molecule has 41 heavy (non-hydrogen) atoms. The van der Waals surface area contributed by atoms with Gasteiger partial charge in [0.25, 0.3) is 10.0 Å². The molecule has 1 fully saturated rings. The summed E-state index contributed by atoms with van der Waals surface area (Å²) in [6, 6.07) is 21.4. The number of nitrogens with one attached hydrogen (secondary N) is 1. The third-order valence-electron chi connectivity index (χ3n) is 7.32. The lowest BCUT2D eigenvalue weighted by molar-refractivity contribution is -0.140. The summed E-state index contributed by atoms with van der Waals surface area (Å²) in [4.78, 5) is 29.2. The number of anilines is 1. The average Bonchev–Trinajstić information content (AvgIpc) is 3.50.